The molecule has 0 saturated carbocycles. The molecule has 16 heavy (non-hydrogen) atoms. The first kappa shape index (κ1) is 10.3. The quantitative estimate of drug-likeness (QED) is 0.747. The molecule has 1 unspecified atom stereocenters. The van der Waals surface area contributed by atoms with E-state index >= 15 is 0 Å². The lowest BCUT2D eigenvalue weighted by molar-refractivity contribution is -0.944. The monoisotopic (exact) mass is 218 g/mol. The number of hydrogen-bond acceptors (Lipinski definition) is 1. The summed E-state index contributed by atoms with van der Waals surface area (Å²) in [5, 5.41) is 0. The Balaban J connectivity index is 1.83. The predicted octanol–water partition coefficient (Wildman–Crippen LogP) is 1.20. The van der Waals surface area contributed by atoms with Crippen molar-refractivity contribution < 1.29 is 9.64 Å². The molecule has 2 nitrogen and oxygen atoms in total. The first-order valence-electron chi connectivity index (χ1n) is 6.46. The standard InChI is InChI=1S/C14H19NO/c1-2-6-12(7-3-1)14-13-8-4-5-9-15(13)10-11-16-14/h1-3,6-7,13-14H,4-5,8-11H2/p+1/t13-,14+/m0/s1. The first-order valence-corrected chi connectivity index (χ1v) is 6.46. The summed E-state index contributed by atoms with van der Waals surface area (Å²) in [5.41, 5.74) is 1.37. The van der Waals surface area contributed by atoms with Gasteiger partial charge < -0.3 is 9.64 Å². The molecule has 0 aromatic heterocycles. The summed E-state index contributed by atoms with van der Waals surface area (Å²) >= 11 is 0. The molecule has 1 aromatic carbocycles. The minimum absolute atomic E-state index is 0.338. The second kappa shape index (κ2) is 4.56. The fourth-order valence-corrected chi connectivity index (χ4v) is 3.19. The fourth-order valence-electron chi connectivity index (χ4n) is 3.19. The van der Waals surface area contributed by atoms with Gasteiger partial charge in [-0.25, -0.2) is 0 Å². The molecule has 2 aliphatic heterocycles. The number of morpholine rings is 1. The van der Waals surface area contributed by atoms with Crippen molar-refractivity contribution in [3.63, 3.8) is 0 Å². The van der Waals surface area contributed by atoms with Crippen molar-refractivity contribution in [2.75, 3.05) is 19.7 Å². The lowest BCUT2D eigenvalue weighted by Gasteiger charge is -2.41. The second-order valence-electron chi connectivity index (χ2n) is 4.96. The van der Waals surface area contributed by atoms with Crippen LogP contribution in [0.1, 0.15) is 30.9 Å². The van der Waals surface area contributed by atoms with Gasteiger partial charge in [0.05, 0.1) is 13.2 Å². The highest BCUT2D eigenvalue weighted by atomic mass is 16.5. The van der Waals surface area contributed by atoms with E-state index in [9.17, 15) is 0 Å². The molecular formula is C14H20NO+. The molecule has 0 radical (unpaired) electrons. The number of ether oxygens (including phenoxy) is 1. The van der Waals surface area contributed by atoms with E-state index in [1.807, 2.05) is 0 Å². The largest absolute Gasteiger partial charge is 0.361 e. The van der Waals surface area contributed by atoms with Gasteiger partial charge >= 0.3 is 0 Å². The van der Waals surface area contributed by atoms with Crippen LogP contribution in [0, 0.1) is 0 Å². The van der Waals surface area contributed by atoms with Crippen LogP contribution in [0.25, 0.3) is 0 Å². The van der Waals surface area contributed by atoms with Gasteiger partial charge in [0.25, 0.3) is 0 Å². The molecule has 86 valence electrons. The Morgan fingerprint density at radius 3 is 2.81 bits per heavy atom. The number of rotatable bonds is 1. The maximum absolute atomic E-state index is 6.01. The van der Waals surface area contributed by atoms with Gasteiger partial charge in [-0.3, -0.25) is 0 Å². The van der Waals surface area contributed by atoms with Crippen molar-refractivity contribution >= 4 is 0 Å². The molecule has 2 heteroatoms. The average molecular weight is 218 g/mol. The highest BCUT2D eigenvalue weighted by molar-refractivity contribution is 5.19. The molecule has 1 N–H and O–H groups in total. The summed E-state index contributed by atoms with van der Waals surface area (Å²) in [6.07, 6.45) is 4.44. The molecule has 3 atom stereocenters. The maximum atomic E-state index is 6.01. The Hall–Kier alpha value is -0.860. The Morgan fingerprint density at radius 1 is 1.06 bits per heavy atom. The van der Waals surface area contributed by atoms with Crippen LogP contribution >= 0.6 is 0 Å². The number of hydrogen-bond donors (Lipinski definition) is 1. The van der Waals surface area contributed by atoms with Gasteiger partial charge in [-0.2, -0.15) is 0 Å². The summed E-state index contributed by atoms with van der Waals surface area (Å²) in [5.74, 6) is 0. The summed E-state index contributed by atoms with van der Waals surface area (Å²) in [7, 11) is 0. The third kappa shape index (κ3) is 1.87. The lowest BCUT2D eigenvalue weighted by Crippen LogP contribution is -3.18. The zero-order chi connectivity index (χ0) is 10.8. The molecule has 3 rings (SSSR count). The van der Waals surface area contributed by atoms with Crippen molar-refractivity contribution in [2.24, 2.45) is 0 Å². The van der Waals surface area contributed by atoms with Crippen LogP contribution < -0.4 is 4.90 Å². The average Bonchev–Trinajstić information content (AvgIpc) is 2.39. The van der Waals surface area contributed by atoms with E-state index in [-0.39, 0.29) is 0 Å². The van der Waals surface area contributed by atoms with Crippen molar-refractivity contribution in [1.82, 2.24) is 0 Å². The van der Waals surface area contributed by atoms with E-state index in [1.54, 1.807) is 4.90 Å². The summed E-state index contributed by atoms with van der Waals surface area (Å²) in [6, 6.07) is 11.4. The third-order valence-electron chi connectivity index (χ3n) is 4.00. The van der Waals surface area contributed by atoms with Gasteiger partial charge in [-0.1, -0.05) is 30.3 Å². The molecule has 0 aliphatic carbocycles. The van der Waals surface area contributed by atoms with E-state index in [1.165, 1.54) is 37.9 Å². The predicted molar refractivity (Wildman–Crippen MR) is 63.5 cm³/mol. The highest BCUT2D eigenvalue weighted by Gasteiger charge is 2.38. The summed E-state index contributed by atoms with van der Waals surface area (Å²) in [6.45, 7) is 3.47. The minimum atomic E-state index is 0.338. The molecule has 2 aliphatic rings. The van der Waals surface area contributed by atoms with Gasteiger partial charge in [0.1, 0.15) is 18.7 Å². The van der Waals surface area contributed by atoms with Gasteiger partial charge in [0.15, 0.2) is 0 Å². The van der Waals surface area contributed by atoms with Crippen LogP contribution in [-0.4, -0.2) is 25.7 Å². The molecule has 0 bridgehead atoms. The van der Waals surface area contributed by atoms with Crippen LogP contribution in [0.5, 0.6) is 0 Å². The number of fused-ring (bicyclic) bond motifs is 1. The van der Waals surface area contributed by atoms with Crippen molar-refractivity contribution in [1.29, 1.82) is 0 Å². The van der Waals surface area contributed by atoms with E-state index in [4.69, 9.17) is 4.74 Å². The van der Waals surface area contributed by atoms with E-state index < -0.39 is 0 Å². The van der Waals surface area contributed by atoms with Gasteiger partial charge in [0, 0.05) is 6.42 Å². The lowest BCUT2D eigenvalue weighted by atomic mass is 9.92. The van der Waals surface area contributed by atoms with Crippen molar-refractivity contribution in [3.05, 3.63) is 35.9 Å². The van der Waals surface area contributed by atoms with Crippen LogP contribution in [0.4, 0.5) is 0 Å². The number of quaternary nitrogens is 1. The molecule has 2 fully saturated rings. The molecule has 2 saturated heterocycles. The number of benzene rings is 1. The first-order chi connectivity index (χ1) is 7.95. The highest BCUT2D eigenvalue weighted by Crippen LogP contribution is 2.25. The molecular weight excluding hydrogens is 198 g/mol. The Morgan fingerprint density at radius 2 is 1.94 bits per heavy atom. The van der Waals surface area contributed by atoms with Crippen molar-refractivity contribution in [2.45, 2.75) is 31.4 Å². The fraction of sp³-hybridized carbons (Fsp3) is 0.571. The van der Waals surface area contributed by atoms with E-state index in [0.29, 0.717) is 12.1 Å². The molecule has 0 amide bonds. The zero-order valence-corrected chi connectivity index (χ0v) is 9.69. The minimum Gasteiger partial charge on any atom is -0.361 e. The third-order valence-corrected chi connectivity index (χ3v) is 4.00. The SMILES string of the molecule is c1ccc([C@H]2OCC[NH+]3CCCC[C@@H]23)cc1. The van der Waals surface area contributed by atoms with E-state index in [2.05, 4.69) is 30.3 Å². The normalized spacial score (nSPS) is 34.4. The van der Waals surface area contributed by atoms with Crippen LogP contribution in [-0.2, 0) is 4.74 Å². The smallest absolute Gasteiger partial charge is 0.134 e. The molecule has 0 spiro atoms. The Bertz CT molecular complexity index is 336. The zero-order valence-electron chi connectivity index (χ0n) is 9.69. The summed E-state index contributed by atoms with van der Waals surface area (Å²) < 4.78 is 6.01. The van der Waals surface area contributed by atoms with Gasteiger partial charge in [-0.05, 0) is 18.4 Å². The summed E-state index contributed by atoms with van der Waals surface area (Å²) in [4.78, 5) is 1.77. The van der Waals surface area contributed by atoms with E-state index in [0.717, 1.165) is 6.61 Å². The van der Waals surface area contributed by atoms with Crippen LogP contribution in [0.2, 0.25) is 0 Å². The number of piperidine rings is 1. The van der Waals surface area contributed by atoms with Gasteiger partial charge in [0.2, 0.25) is 0 Å². The molecule has 2 heterocycles. The topological polar surface area (TPSA) is 13.7 Å². The van der Waals surface area contributed by atoms with Crippen LogP contribution in [0.3, 0.4) is 0 Å². The number of nitrogens with one attached hydrogen (secondary N) is 1. The van der Waals surface area contributed by atoms with Crippen LogP contribution in [0.15, 0.2) is 30.3 Å². The Labute approximate surface area is 97.2 Å². The maximum Gasteiger partial charge on any atom is 0.134 e. The van der Waals surface area contributed by atoms with Crippen molar-refractivity contribution in [3.8, 4) is 0 Å². The molecule has 1 aromatic rings. The Kier molecular flexibility index (Phi) is 2.94. The van der Waals surface area contributed by atoms with Gasteiger partial charge in [-0.15, -0.1) is 0 Å². The second-order valence-corrected chi connectivity index (χ2v) is 4.96.